The van der Waals surface area contributed by atoms with Gasteiger partial charge in [-0.1, -0.05) is 44.5 Å². The maximum absolute atomic E-state index is 6.24. The van der Waals surface area contributed by atoms with E-state index in [1.807, 2.05) is 30.3 Å². The first-order valence-electron chi connectivity index (χ1n) is 5.40. The first-order chi connectivity index (χ1) is 7.89. The Morgan fingerprint density at radius 2 is 1.88 bits per heavy atom. The van der Waals surface area contributed by atoms with Gasteiger partial charge in [0.25, 0.3) is 0 Å². The molecule has 0 bridgehead atoms. The molecule has 0 amide bonds. The minimum absolute atomic E-state index is 0.00382. The standard InChI is InChI=1S/C13H14BrClN2/c1-13(2,3)11-8-12(15)17(16-11)10-7-5-4-6-9(10)14/h4-8H,1-3H3. The Kier molecular flexibility index (Phi) is 3.32. The van der Waals surface area contributed by atoms with Gasteiger partial charge >= 0.3 is 0 Å². The molecular weight excluding hydrogens is 300 g/mol. The summed E-state index contributed by atoms with van der Waals surface area (Å²) in [5, 5.41) is 5.19. The lowest BCUT2D eigenvalue weighted by atomic mass is 9.93. The molecule has 17 heavy (non-hydrogen) atoms. The highest BCUT2D eigenvalue weighted by Gasteiger charge is 2.20. The molecule has 0 saturated heterocycles. The van der Waals surface area contributed by atoms with E-state index in [4.69, 9.17) is 11.6 Å². The van der Waals surface area contributed by atoms with Gasteiger partial charge in [-0.05, 0) is 34.1 Å². The van der Waals surface area contributed by atoms with Crippen molar-refractivity contribution in [3.63, 3.8) is 0 Å². The summed E-state index contributed by atoms with van der Waals surface area (Å²) >= 11 is 9.74. The summed E-state index contributed by atoms with van der Waals surface area (Å²) in [5.41, 5.74) is 1.93. The van der Waals surface area contributed by atoms with Gasteiger partial charge in [0.15, 0.2) is 0 Å². The summed E-state index contributed by atoms with van der Waals surface area (Å²) in [7, 11) is 0. The summed E-state index contributed by atoms with van der Waals surface area (Å²) < 4.78 is 2.73. The summed E-state index contributed by atoms with van der Waals surface area (Å²) in [5.74, 6) is 0. The van der Waals surface area contributed by atoms with Crippen molar-refractivity contribution in [2.45, 2.75) is 26.2 Å². The lowest BCUT2D eigenvalue weighted by Gasteiger charge is -2.14. The maximum atomic E-state index is 6.24. The third kappa shape index (κ3) is 2.55. The Labute approximate surface area is 115 Å². The molecule has 0 atom stereocenters. The monoisotopic (exact) mass is 312 g/mol. The zero-order valence-corrected chi connectivity index (χ0v) is 12.4. The van der Waals surface area contributed by atoms with Crippen LogP contribution in [-0.2, 0) is 5.41 Å². The van der Waals surface area contributed by atoms with E-state index in [0.29, 0.717) is 5.15 Å². The van der Waals surface area contributed by atoms with Crippen molar-refractivity contribution in [2.24, 2.45) is 0 Å². The van der Waals surface area contributed by atoms with Gasteiger partial charge in [0.05, 0.1) is 11.4 Å². The molecular formula is C13H14BrClN2. The molecule has 0 spiro atoms. The van der Waals surface area contributed by atoms with E-state index < -0.39 is 0 Å². The van der Waals surface area contributed by atoms with Crippen molar-refractivity contribution >= 4 is 27.5 Å². The van der Waals surface area contributed by atoms with E-state index in [1.165, 1.54) is 0 Å². The van der Waals surface area contributed by atoms with Crippen LogP contribution in [0.5, 0.6) is 0 Å². The fraction of sp³-hybridized carbons (Fsp3) is 0.308. The number of aromatic nitrogens is 2. The maximum Gasteiger partial charge on any atom is 0.133 e. The number of para-hydroxylation sites is 1. The molecule has 0 N–H and O–H groups in total. The van der Waals surface area contributed by atoms with Crippen LogP contribution >= 0.6 is 27.5 Å². The van der Waals surface area contributed by atoms with Gasteiger partial charge in [-0.3, -0.25) is 0 Å². The topological polar surface area (TPSA) is 17.8 Å². The molecule has 90 valence electrons. The second-order valence-electron chi connectivity index (χ2n) is 4.97. The normalized spacial score (nSPS) is 11.8. The van der Waals surface area contributed by atoms with Crippen molar-refractivity contribution in [1.82, 2.24) is 9.78 Å². The van der Waals surface area contributed by atoms with Crippen LogP contribution in [-0.4, -0.2) is 9.78 Å². The van der Waals surface area contributed by atoms with Gasteiger partial charge in [0.2, 0.25) is 0 Å². The van der Waals surface area contributed by atoms with E-state index in [0.717, 1.165) is 15.9 Å². The molecule has 1 aromatic heterocycles. The van der Waals surface area contributed by atoms with Crippen molar-refractivity contribution in [3.05, 3.63) is 45.7 Å². The Bertz CT molecular complexity index is 541. The Morgan fingerprint density at radius 3 is 2.41 bits per heavy atom. The minimum atomic E-state index is -0.00382. The average Bonchev–Trinajstić information content (AvgIpc) is 2.61. The van der Waals surface area contributed by atoms with Gasteiger partial charge in [-0.2, -0.15) is 5.10 Å². The third-order valence-electron chi connectivity index (χ3n) is 2.51. The van der Waals surface area contributed by atoms with Gasteiger partial charge in [0, 0.05) is 9.89 Å². The van der Waals surface area contributed by atoms with Gasteiger partial charge < -0.3 is 0 Å². The number of rotatable bonds is 1. The zero-order chi connectivity index (χ0) is 12.6. The van der Waals surface area contributed by atoms with Gasteiger partial charge in [0.1, 0.15) is 5.15 Å². The van der Waals surface area contributed by atoms with E-state index >= 15 is 0 Å². The van der Waals surface area contributed by atoms with Crippen LogP contribution in [0.3, 0.4) is 0 Å². The van der Waals surface area contributed by atoms with E-state index in [9.17, 15) is 0 Å². The fourth-order valence-corrected chi connectivity index (χ4v) is 2.20. The van der Waals surface area contributed by atoms with Crippen molar-refractivity contribution in [3.8, 4) is 5.69 Å². The van der Waals surface area contributed by atoms with Crippen LogP contribution in [0.2, 0.25) is 5.15 Å². The molecule has 0 aliphatic heterocycles. The molecule has 0 aliphatic rings. The highest BCUT2D eigenvalue weighted by molar-refractivity contribution is 9.10. The fourth-order valence-electron chi connectivity index (χ4n) is 1.52. The second kappa shape index (κ2) is 4.46. The summed E-state index contributed by atoms with van der Waals surface area (Å²) in [6.45, 7) is 6.36. The minimum Gasteiger partial charge on any atom is -0.221 e. The first kappa shape index (κ1) is 12.7. The number of halogens is 2. The molecule has 0 aliphatic carbocycles. The third-order valence-corrected chi connectivity index (χ3v) is 3.45. The van der Waals surface area contributed by atoms with Crippen molar-refractivity contribution in [1.29, 1.82) is 0 Å². The van der Waals surface area contributed by atoms with Crippen LogP contribution in [0.15, 0.2) is 34.8 Å². The predicted octanol–water partition coefficient (Wildman–Crippen LogP) is 4.59. The number of hydrogen-bond donors (Lipinski definition) is 0. The molecule has 4 heteroatoms. The number of benzene rings is 1. The van der Waals surface area contributed by atoms with Crippen molar-refractivity contribution < 1.29 is 0 Å². The smallest absolute Gasteiger partial charge is 0.133 e. The van der Waals surface area contributed by atoms with Crippen LogP contribution in [0.25, 0.3) is 5.69 Å². The Hall–Kier alpha value is -0.800. The van der Waals surface area contributed by atoms with E-state index in [1.54, 1.807) is 4.68 Å². The molecule has 0 radical (unpaired) electrons. The summed E-state index contributed by atoms with van der Waals surface area (Å²) in [6, 6.07) is 9.81. The molecule has 2 nitrogen and oxygen atoms in total. The molecule has 0 saturated carbocycles. The Morgan fingerprint density at radius 1 is 1.24 bits per heavy atom. The SMILES string of the molecule is CC(C)(C)c1cc(Cl)n(-c2ccccc2Br)n1. The van der Waals surface area contributed by atoms with Crippen LogP contribution in [0.4, 0.5) is 0 Å². The van der Waals surface area contributed by atoms with Crippen LogP contribution in [0.1, 0.15) is 26.5 Å². The van der Waals surface area contributed by atoms with E-state index in [-0.39, 0.29) is 5.41 Å². The second-order valence-corrected chi connectivity index (χ2v) is 6.21. The molecule has 2 aromatic rings. The average molecular weight is 314 g/mol. The Balaban J connectivity index is 2.55. The highest BCUT2D eigenvalue weighted by Crippen LogP contribution is 2.28. The van der Waals surface area contributed by atoms with Gasteiger partial charge in [-0.15, -0.1) is 0 Å². The largest absolute Gasteiger partial charge is 0.221 e. The molecule has 1 aromatic carbocycles. The van der Waals surface area contributed by atoms with Gasteiger partial charge in [-0.25, -0.2) is 4.68 Å². The first-order valence-corrected chi connectivity index (χ1v) is 6.57. The number of hydrogen-bond acceptors (Lipinski definition) is 1. The summed E-state index contributed by atoms with van der Waals surface area (Å²) in [6.07, 6.45) is 0. The lowest BCUT2D eigenvalue weighted by molar-refractivity contribution is 0.560. The van der Waals surface area contributed by atoms with Crippen molar-refractivity contribution in [2.75, 3.05) is 0 Å². The lowest BCUT2D eigenvalue weighted by Crippen LogP contribution is -2.12. The molecule has 2 rings (SSSR count). The predicted molar refractivity (Wildman–Crippen MR) is 75.0 cm³/mol. The highest BCUT2D eigenvalue weighted by atomic mass is 79.9. The van der Waals surface area contributed by atoms with E-state index in [2.05, 4.69) is 41.8 Å². The molecule has 0 fully saturated rings. The quantitative estimate of drug-likeness (QED) is 0.753. The zero-order valence-electron chi connectivity index (χ0n) is 10.0. The van der Waals surface area contributed by atoms with Crippen LogP contribution < -0.4 is 0 Å². The van der Waals surface area contributed by atoms with Crippen LogP contribution in [0, 0.1) is 0 Å². The molecule has 1 heterocycles. The number of nitrogens with zero attached hydrogens (tertiary/aromatic N) is 2. The molecule has 0 unspecified atom stereocenters. The summed E-state index contributed by atoms with van der Waals surface area (Å²) in [4.78, 5) is 0.